The molecule has 2 aromatic rings. The average Bonchev–Trinajstić information content (AvgIpc) is 3.35. The molecule has 2 heterocycles. The first kappa shape index (κ1) is 21.4. The third-order valence-electron chi connectivity index (χ3n) is 4.58. The Kier molecular flexibility index (Phi) is 6.58. The highest BCUT2D eigenvalue weighted by Crippen LogP contribution is 2.25. The van der Waals surface area contributed by atoms with Crippen LogP contribution in [0.3, 0.4) is 0 Å². The average molecular weight is 445 g/mol. The highest BCUT2D eigenvalue weighted by atomic mass is 32.2. The lowest BCUT2D eigenvalue weighted by Gasteiger charge is -2.24. The number of sulfonamides is 2. The Hall–Kier alpha value is -1.30. The van der Waals surface area contributed by atoms with Gasteiger partial charge in [-0.15, -0.1) is 11.3 Å². The quantitative estimate of drug-likeness (QED) is 0.624. The molecule has 0 N–H and O–H groups in total. The smallest absolute Gasteiger partial charge is 0.243 e. The van der Waals surface area contributed by atoms with Crippen molar-refractivity contribution < 1.29 is 21.6 Å². The molecule has 0 saturated carbocycles. The van der Waals surface area contributed by atoms with E-state index in [1.165, 1.54) is 54.0 Å². The van der Waals surface area contributed by atoms with E-state index in [0.717, 1.165) is 22.0 Å². The van der Waals surface area contributed by atoms with Crippen LogP contribution >= 0.6 is 11.3 Å². The third kappa shape index (κ3) is 4.64. The van der Waals surface area contributed by atoms with Crippen molar-refractivity contribution in [3.63, 3.8) is 0 Å². The van der Waals surface area contributed by atoms with Gasteiger partial charge in [0.1, 0.15) is 0 Å². The second-order valence-electron chi connectivity index (χ2n) is 6.77. The molecular weight excluding hydrogens is 420 g/mol. The van der Waals surface area contributed by atoms with Gasteiger partial charge < -0.3 is 4.74 Å². The predicted octanol–water partition coefficient (Wildman–Crippen LogP) is 2.37. The lowest BCUT2D eigenvalue weighted by atomic mass is 10.2. The first-order valence-corrected chi connectivity index (χ1v) is 12.6. The van der Waals surface area contributed by atoms with Crippen LogP contribution in [-0.4, -0.2) is 58.8 Å². The van der Waals surface area contributed by atoms with Gasteiger partial charge in [-0.3, -0.25) is 0 Å². The van der Waals surface area contributed by atoms with Crippen molar-refractivity contribution in [3.05, 3.63) is 46.7 Å². The summed E-state index contributed by atoms with van der Waals surface area (Å²) in [6.45, 7) is 1.18. The van der Waals surface area contributed by atoms with Gasteiger partial charge in [-0.25, -0.2) is 21.1 Å². The van der Waals surface area contributed by atoms with Crippen molar-refractivity contribution in [3.8, 4) is 0 Å². The maximum absolute atomic E-state index is 13.3. The molecule has 1 aromatic carbocycles. The number of hydrogen-bond acceptors (Lipinski definition) is 6. The van der Waals surface area contributed by atoms with Gasteiger partial charge in [0, 0.05) is 38.7 Å². The molecule has 154 valence electrons. The van der Waals surface area contributed by atoms with Crippen molar-refractivity contribution in [2.45, 2.75) is 35.3 Å². The summed E-state index contributed by atoms with van der Waals surface area (Å²) in [5.74, 6) is 0. The monoisotopic (exact) mass is 444 g/mol. The molecule has 0 radical (unpaired) electrons. The first-order chi connectivity index (χ1) is 13.2. The summed E-state index contributed by atoms with van der Waals surface area (Å²) in [5.41, 5.74) is 0. The Morgan fingerprint density at radius 3 is 2.18 bits per heavy atom. The van der Waals surface area contributed by atoms with E-state index in [0.29, 0.717) is 6.61 Å². The Morgan fingerprint density at radius 2 is 1.68 bits per heavy atom. The van der Waals surface area contributed by atoms with E-state index in [1.54, 1.807) is 0 Å². The van der Waals surface area contributed by atoms with Crippen LogP contribution in [-0.2, 0) is 31.3 Å². The topological polar surface area (TPSA) is 84.0 Å². The molecule has 1 fully saturated rings. The summed E-state index contributed by atoms with van der Waals surface area (Å²) in [5, 5.41) is 1.91. The van der Waals surface area contributed by atoms with Crippen LogP contribution < -0.4 is 0 Å². The highest BCUT2D eigenvalue weighted by molar-refractivity contribution is 7.89. The van der Waals surface area contributed by atoms with Crippen molar-refractivity contribution in [2.24, 2.45) is 0 Å². The molecule has 1 atom stereocenters. The van der Waals surface area contributed by atoms with Gasteiger partial charge in [0.05, 0.1) is 15.9 Å². The van der Waals surface area contributed by atoms with Gasteiger partial charge >= 0.3 is 0 Å². The van der Waals surface area contributed by atoms with Crippen LogP contribution in [0.2, 0.25) is 0 Å². The Morgan fingerprint density at radius 1 is 1.04 bits per heavy atom. The molecule has 1 aromatic heterocycles. The second-order valence-corrected chi connectivity index (χ2v) is 11.9. The van der Waals surface area contributed by atoms with Crippen LogP contribution in [0.4, 0.5) is 0 Å². The lowest BCUT2D eigenvalue weighted by molar-refractivity contribution is 0.0927. The number of benzene rings is 1. The van der Waals surface area contributed by atoms with Crippen molar-refractivity contribution in [1.82, 2.24) is 8.61 Å². The molecule has 1 saturated heterocycles. The molecule has 0 aliphatic carbocycles. The van der Waals surface area contributed by atoms with Gasteiger partial charge in [-0.1, -0.05) is 6.07 Å². The number of ether oxygens (including phenoxy) is 1. The first-order valence-electron chi connectivity index (χ1n) is 8.88. The molecule has 1 aliphatic heterocycles. The normalized spacial score (nSPS) is 18.2. The van der Waals surface area contributed by atoms with Crippen LogP contribution in [0, 0.1) is 0 Å². The highest BCUT2D eigenvalue weighted by Gasteiger charge is 2.30. The number of hydrogen-bond donors (Lipinski definition) is 0. The molecule has 0 spiro atoms. The van der Waals surface area contributed by atoms with E-state index in [2.05, 4.69) is 0 Å². The number of nitrogens with zero attached hydrogens (tertiary/aromatic N) is 2. The third-order valence-corrected chi connectivity index (χ3v) is 9.10. The van der Waals surface area contributed by atoms with E-state index in [9.17, 15) is 16.8 Å². The Balaban J connectivity index is 1.89. The summed E-state index contributed by atoms with van der Waals surface area (Å²) < 4.78 is 59.1. The van der Waals surface area contributed by atoms with Crippen LogP contribution in [0.5, 0.6) is 0 Å². The zero-order valence-electron chi connectivity index (χ0n) is 15.8. The largest absolute Gasteiger partial charge is 0.377 e. The molecule has 1 unspecified atom stereocenters. The minimum atomic E-state index is -3.80. The SMILES string of the molecule is CN(C)S(=O)(=O)c1ccc(S(=O)(=O)N(Cc2cccs2)CC2CCCO2)cc1. The Labute approximate surface area is 170 Å². The van der Waals surface area contributed by atoms with Gasteiger partial charge in [0.2, 0.25) is 20.0 Å². The van der Waals surface area contributed by atoms with E-state index < -0.39 is 20.0 Å². The molecule has 7 nitrogen and oxygen atoms in total. The standard InChI is InChI=1S/C18H24N2O5S3/c1-19(2)27(21,22)17-7-9-18(10-8-17)28(23,24)20(13-15-5-3-11-25-15)14-16-6-4-12-26-16/h4,6-10,12,15H,3,5,11,13-14H2,1-2H3. The van der Waals surface area contributed by atoms with E-state index in [4.69, 9.17) is 4.74 Å². The van der Waals surface area contributed by atoms with Gasteiger partial charge in [0.25, 0.3) is 0 Å². The van der Waals surface area contributed by atoms with Crippen LogP contribution in [0.25, 0.3) is 0 Å². The number of thiophene rings is 1. The van der Waals surface area contributed by atoms with Gasteiger partial charge in [-0.05, 0) is 48.6 Å². The summed E-state index contributed by atoms with van der Waals surface area (Å²) in [6.07, 6.45) is 1.63. The molecule has 1 aliphatic rings. The number of rotatable bonds is 8. The maximum Gasteiger partial charge on any atom is 0.243 e. The zero-order valence-corrected chi connectivity index (χ0v) is 18.3. The van der Waals surface area contributed by atoms with Crippen molar-refractivity contribution >= 4 is 31.4 Å². The molecule has 0 bridgehead atoms. The lowest BCUT2D eigenvalue weighted by Crippen LogP contribution is -2.36. The van der Waals surface area contributed by atoms with Crippen LogP contribution in [0.15, 0.2) is 51.6 Å². The fourth-order valence-corrected chi connectivity index (χ4v) is 6.14. The van der Waals surface area contributed by atoms with Crippen LogP contribution in [0.1, 0.15) is 17.7 Å². The fourth-order valence-electron chi connectivity index (χ4n) is 2.98. The Bertz CT molecular complexity index is 978. The van der Waals surface area contributed by atoms with Gasteiger partial charge in [0.15, 0.2) is 0 Å². The van der Waals surface area contributed by atoms with E-state index in [-0.39, 0.29) is 29.0 Å². The predicted molar refractivity (Wildman–Crippen MR) is 108 cm³/mol. The van der Waals surface area contributed by atoms with E-state index >= 15 is 0 Å². The summed E-state index contributed by atoms with van der Waals surface area (Å²) in [6, 6.07) is 9.15. The summed E-state index contributed by atoms with van der Waals surface area (Å²) in [4.78, 5) is 1.06. The maximum atomic E-state index is 13.3. The molecule has 3 rings (SSSR count). The molecule has 0 amide bonds. The van der Waals surface area contributed by atoms with Crippen molar-refractivity contribution in [2.75, 3.05) is 27.2 Å². The minimum Gasteiger partial charge on any atom is -0.377 e. The van der Waals surface area contributed by atoms with E-state index in [1.807, 2.05) is 17.5 Å². The van der Waals surface area contributed by atoms with Crippen molar-refractivity contribution in [1.29, 1.82) is 0 Å². The fraction of sp³-hybridized carbons (Fsp3) is 0.444. The second kappa shape index (κ2) is 8.60. The summed E-state index contributed by atoms with van der Waals surface area (Å²) in [7, 11) is -4.54. The molecule has 10 heteroatoms. The molecular formula is C18H24N2O5S3. The zero-order chi connectivity index (χ0) is 20.4. The summed E-state index contributed by atoms with van der Waals surface area (Å²) >= 11 is 1.50. The van der Waals surface area contributed by atoms with Gasteiger partial charge in [-0.2, -0.15) is 4.31 Å². The molecule has 28 heavy (non-hydrogen) atoms. The minimum absolute atomic E-state index is 0.0559.